The van der Waals surface area contributed by atoms with E-state index in [2.05, 4.69) is 10.6 Å². The summed E-state index contributed by atoms with van der Waals surface area (Å²) in [6.07, 6.45) is 2.92. The molecular formula is C14H26ClN3O3. The fourth-order valence-corrected chi connectivity index (χ4v) is 2.75. The summed E-state index contributed by atoms with van der Waals surface area (Å²) < 4.78 is 5.51. The zero-order valence-corrected chi connectivity index (χ0v) is 13.4. The van der Waals surface area contributed by atoms with Crippen LogP contribution < -0.4 is 10.6 Å². The van der Waals surface area contributed by atoms with Crippen molar-refractivity contribution < 1.29 is 14.3 Å². The Balaban J connectivity index is 0.00000220. The number of morpholine rings is 1. The highest BCUT2D eigenvalue weighted by atomic mass is 35.5. The summed E-state index contributed by atoms with van der Waals surface area (Å²) in [5, 5.41) is 6.19. The Kier molecular flexibility index (Phi) is 8.00. The van der Waals surface area contributed by atoms with Gasteiger partial charge in [0, 0.05) is 38.6 Å². The summed E-state index contributed by atoms with van der Waals surface area (Å²) in [7, 11) is 0. The van der Waals surface area contributed by atoms with E-state index in [0.717, 1.165) is 32.4 Å². The van der Waals surface area contributed by atoms with Gasteiger partial charge in [-0.05, 0) is 19.3 Å². The Morgan fingerprint density at radius 1 is 1.43 bits per heavy atom. The number of nitrogens with one attached hydrogen (secondary N) is 2. The number of nitrogens with zero attached hydrogens (tertiary/aromatic N) is 1. The van der Waals surface area contributed by atoms with Crippen LogP contribution in [-0.2, 0) is 14.3 Å². The standard InChI is InChI=1S/C14H25N3O3.ClH/c1-2-4-13(18)16-11-5-3-7-17(10-11)14(19)12-9-15-6-8-20-12;/h11-12,15H,2-10H2,1H3,(H,16,18);1H. The quantitative estimate of drug-likeness (QED) is 0.782. The largest absolute Gasteiger partial charge is 0.366 e. The lowest BCUT2D eigenvalue weighted by Gasteiger charge is -2.36. The fourth-order valence-electron chi connectivity index (χ4n) is 2.75. The highest BCUT2D eigenvalue weighted by Gasteiger charge is 2.30. The molecule has 0 saturated carbocycles. The number of piperidine rings is 1. The fraction of sp³-hybridized carbons (Fsp3) is 0.857. The number of carbonyl (C=O) groups is 2. The summed E-state index contributed by atoms with van der Waals surface area (Å²) in [6.45, 7) is 5.33. The Morgan fingerprint density at radius 3 is 2.90 bits per heavy atom. The first-order chi connectivity index (χ1) is 9.70. The van der Waals surface area contributed by atoms with Crippen molar-refractivity contribution in [1.29, 1.82) is 0 Å². The monoisotopic (exact) mass is 319 g/mol. The maximum Gasteiger partial charge on any atom is 0.253 e. The van der Waals surface area contributed by atoms with Gasteiger partial charge in [-0.15, -0.1) is 12.4 Å². The van der Waals surface area contributed by atoms with E-state index >= 15 is 0 Å². The van der Waals surface area contributed by atoms with Crippen molar-refractivity contribution in [3.05, 3.63) is 0 Å². The molecule has 2 atom stereocenters. The van der Waals surface area contributed by atoms with Gasteiger partial charge in [-0.2, -0.15) is 0 Å². The minimum absolute atomic E-state index is 0. The highest BCUT2D eigenvalue weighted by Crippen LogP contribution is 2.13. The topological polar surface area (TPSA) is 70.7 Å². The molecule has 2 unspecified atom stereocenters. The summed E-state index contributed by atoms with van der Waals surface area (Å²) in [6, 6.07) is 0.0864. The lowest BCUT2D eigenvalue weighted by Crippen LogP contribution is -2.55. The van der Waals surface area contributed by atoms with Gasteiger partial charge in [0.25, 0.3) is 5.91 Å². The van der Waals surface area contributed by atoms with E-state index in [-0.39, 0.29) is 36.4 Å². The number of amides is 2. The molecule has 6 nitrogen and oxygen atoms in total. The number of hydrogen-bond acceptors (Lipinski definition) is 4. The molecule has 2 heterocycles. The van der Waals surface area contributed by atoms with Crippen LogP contribution >= 0.6 is 12.4 Å². The van der Waals surface area contributed by atoms with Gasteiger partial charge >= 0.3 is 0 Å². The van der Waals surface area contributed by atoms with Gasteiger partial charge in [-0.1, -0.05) is 6.92 Å². The normalized spacial score (nSPS) is 25.9. The lowest BCUT2D eigenvalue weighted by atomic mass is 10.0. The molecule has 0 aromatic heterocycles. The van der Waals surface area contributed by atoms with E-state index in [1.165, 1.54) is 0 Å². The first kappa shape index (κ1) is 18.2. The average Bonchev–Trinajstić information content (AvgIpc) is 2.48. The van der Waals surface area contributed by atoms with Crippen molar-refractivity contribution in [3.8, 4) is 0 Å². The van der Waals surface area contributed by atoms with Crippen LogP contribution in [0.25, 0.3) is 0 Å². The third kappa shape index (κ3) is 5.45. The smallest absolute Gasteiger partial charge is 0.253 e. The van der Waals surface area contributed by atoms with Crippen molar-refractivity contribution in [2.24, 2.45) is 0 Å². The average molecular weight is 320 g/mol. The van der Waals surface area contributed by atoms with Crippen molar-refractivity contribution in [2.75, 3.05) is 32.8 Å². The predicted molar refractivity (Wildman–Crippen MR) is 82.5 cm³/mol. The zero-order chi connectivity index (χ0) is 14.4. The summed E-state index contributed by atoms with van der Waals surface area (Å²) >= 11 is 0. The second kappa shape index (κ2) is 9.23. The van der Waals surface area contributed by atoms with Gasteiger partial charge in [0.1, 0.15) is 6.10 Å². The molecule has 2 rings (SSSR count). The number of likely N-dealkylation sites (tertiary alicyclic amines) is 1. The summed E-state index contributed by atoms with van der Waals surface area (Å²) in [5.41, 5.74) is 0. The molecule has 7 heteroatoms. The minimum Gasteiger partial charge on any atom is -0.366 e. The molecule has 0 radical (unpaired) electrons. The van der Waals surface area contributed by atoms with Crippen molar-refractivity contribution >= 4 is 24.2 Å². The van der Waals surface area contributed by atoms with Crippen molar-refractivity contribution in [1.82, 2.24) is 15.5 Å². The third-order valence-electron chi connectivity index (χ3n) is 3.78. The van der Waals surface area contributed by atoms with Crippen molar-refractivity contribution in [2.45, 2.75) is 44.8 Å². The minimum atomic E-state index is -0.367. The van der Waals surface area contributed by atoms with Crippen LogP contribution in [-0.4, -0.2) is 61.6 Å². The van der Waals surface area contributed by atoms with Gasteiger partial charge in [-0.3, -0.25) is 9.59 Å². The van der Waals surface area contributed by atoms with Crippen LogP contribution in [0.3, 0.4) is 0 Å². The Hall–Kier alpha value is -0.850. The molecule has 2 N–H and O–H groups in total. The molecule has 0 aliphatic carbocycles. The Morgan fingerprint density at radius 2 is 2.24 bits per heavy atom. The first-order valence-corrected chi connectivity index (χ1v) is 7.61. The van der Waals surface area contributed by atoms with Crippen LogP contribution in [0.4, 0.5) is 0 Å². The Labute approximate surface area is 132 Å². The number of halogens is 1. The molecule has 2 aliphatic rings. The number of carbonyl (C=O) groups excluding carboxylic acids is 2. The molecule has 122 valence electrons. The van der Waals surface area contributed by atoms with Gasteiger partial charge in [0.05, 0.1) is 6.61 Å². The summed E-state index contributed by atoms with van der Waals surface area (Å²) in [5.74, 6) is 0.133. The Bertz CT molecular complexity index is 348. The number of rotatable bonds is 4. The molecule has 2 amide bonds. The van der Waals surface area contributed by atoms with Gasteiger partial charge in [0.2, 0.25) is 5.91 Å². The molecule has 0 bridgehead atoms. The first-order valence-electron chi connectivity index (χ1n) is 7.61. The molecule has 2 aliphatic heterocycles. The second-order valence-electron chi connectivity index (χ2n) is 5.50. The maximum atomic E-state index is 12.4. The van der Waals surface area contributed by atoms with Crippen molar-refractivity contribution in [3.63, 3.8) is 0 Å². The SMILES string of the molecule is CCCC(=O)NC1CCCN(C(=O)C2CNCCO2)C1.Cl. The van der Waals surface area contributed by atoms with E-state index in [1.54, 1.807) is 0 Å². The van der Waals surface area contributed by atoms with E-state index in [4.69, 9.17) is 4.74 Å². The second-order valence-corrected chi connectivity index (χ2v) is 5.50. The number of ether oxygens (including phenoxy) is 1. The van der Waals surface area contributed by atoms with Crippen LogP contribution in [0.2, 0.25) is 0 Å². The molecular weight excluding hydrogens is 294 g/mol. The maximum absolute atomic E-state index is 12.4. The van der Waals surface area contributed by atoms with Crippen LogP contribution in [0.1, 0.15) is 32.6 Å². The summed E-state index contributed by atoms with van der Waals surface area (Å²) in [4.78, 5) is 25.8. The predicted octanol–water partition coefficient (Wildman–Crippen LogP) is 0.304. The van der Waals surface area contributed by atoms with E-state index in [9.17, 15) is 9.59 Å². The van der Waals surface area contributed by atoms with E-state index < -0.39 is 0 Å². The highest BCUT2D eigenvalue weighted by molar-refractivity contribution is 5.85. The zero-order valence-electron chi connectivity index (χ0n) is 12.6. The molecule has 2 fully saturated rings. The van der Waals surface area contributed by atoms with E-state index in [1.807, 2.05) is 11.8 Å². The van der Waals surface area contributed by atoms with Crippen LogP contribution in [0.5, 0.6) is 0 Å². The molecule has 0 spiro atoms. The van der Waals surface area contributed by atoms with Crippen LogP contribution in [0, 0.1) is 0 Å². The van der Waals surface area contributed by atoms with Gasteiger partial charge in [-0.25, -0.2) is 0 Å². The third-order valence-corrected chi connectivity index (χ3v) is 3.78. The van der Waals surface area contributed by atoms with Crippen LogP contribution in [0.15, 0.2) is 0 Å². The molecule has 0 aromatic rings. The molecule has 2 saturated heterocycles. The van der Waals surface area contributed by atoms with Gasteiger partial charge < -0.3 is 20.3 Å². The van der Waals surface area contributed by atoms with Gasteiger partial charge in [0.15, 0.2) is 0 Å². The molecule has 0 aromatic carbocycles. The molecule has 21 heavy (non-hydrogen) atoms. The number of hydrogen-bond donors (Lipinski definition) is 2. The van der Waals surface area contributed by atoms with E-state index in [0.29, 0.717) is 26.1 Å². The lowest BCUT2D eigenvalue weighted by molar-refractivity contribution is -0.147.